The summed E-state index contributed by atoms with van der Waals surface area (Å²) in [5.41, 5.74) is 0.537. The maximum atomic E-state index is 11.7. The first kappa shape index (κ1) is 9.96. The summed E-state index contributed by atoms with van der Waals surface area (Å²) in [4.78, 5) is 12.3. The Morgan fingerprint density at radius 1 is 1.57 bits per heavy atom. The number of ketones is 1. The van der Waals surface area contributed by atoms with Gasteiger partial charge in [-0.2, -0.15) is 0 Å². The summed E-state index contributed by atoms with van der Waals surface area (Å²) < 4.78 is 5.60. The summed E-state index contributed by atoms with van der Waals surface area (Å²) in [7, 11) is 0. The fourth-order valence-electron chi connectivity index (χ4n) is 0.994. The zero-order valence-electron chi connectivity index (χ0n) is 6.79. The fraction of sp³-hybridized carbons (Fsp3) is 0. The molecule has 2 aromatic rings. The molecule has 0 bridgehead atoms. The number of furan rings is 1. The highest BCUT2D eigenvalue weighted by molar-refractivity contribution is 9.11. The number of thiophene rings is 1. The fourth-order valence-corrected chi connectivity index (χ4v) is 2.66. The molecule has 72 valence electrons. The topological polar surface area (TPSA) is 30.2 Å². The van der Waals surface area contributed by atoms with Crippen molar-refractivity contribution in [2.24, 2.45) is 0 Å². The maximum Gasteiger partial charge on any atom is 0.206 e. The van der Waals surface area contributed by atoms with E-state index in [9.17, 15) is 4.79 Å². The van der Waals surface area contributed by atoms with Gasteiger partial charge in [-0.1, -0.05) is 11.6 Å². The minimum Gasteiger partial charge on any atom is -0.472 e. The van der Waals surface area contributed by atoms with E-state index in [0.717, 1.165) is 3.79 Å². The van der Waals surface area contributed by atoms with Gasteiger partial charge in [-0.15, -0.1) is 11.3 Å². The standard InChI is InChI=1S/C9H4BrClO2S/c10-9-6(11)3-7(14-9)8(12)5-1-2-13-4-5/h1-4H. The van der Waals surface area contributed by atoms with Crippen LogP contribution in [0.3, 0.4) is 0 Å². The Morgan fingerprint density at radius 3 is 2.86 bits per heavy atom. The Balaban J connectivity index is 2.37. The van der Waals surface area contributed by atoms with Crippen molar-refractivity contribution >= 4 is 44.7 Å². The van der Waals surface area contributed by atoms with Crippen LogP contribution in [0.5, 0.6) is 0 Å². The molecule has 5 heteroatoms. The zero-order chi connectivity index (χ0) is 10.1. The first-order valence-corrected chi connectivity index (χ1v) is 5.69. The van der Waals surface area contributed by atoms with Crippen LogP contribution in [-0.2, 0) is 0 Å². The highest BCUT2D eigenvalue weighted by Gasteiger charge is 2.14. The van der Waals surface area contributed by atoms with Crippen molar-refractivity contribution in [1.29, 1.82) is 0 Å². The van der Waals surface area contributed by atoms with Crippen LogP contribution >= 0.6 is 38.9 Å². The molecular formula is C9H4BrClO2S. The number of hydrogen-bond acceptors (Lipinski definition) is 3. The van der Waals surface area contributed by atoms with E-state index in [2.05, 4.69) is 15.9 Å². The number of hydrogen-bond donors (Lipinski definition) is 0. The van der Waals surface area contributed by atoms with Gasteiger partial charge >= 0.3 is 0 Å². The molecule has 0 aromatic carbocycles. The lowest BCUT2D eigenvalue weighted by Crippen LogP contribution is -1.95. The largest absolute Gasteiger partial charge is 0.472 e. The predicted molar refractivity (Wildman–Crippen MR) is 59.2 cm³/mol. The van der Waals surface area contributed by atoms with Gasteiger partial charge in [0.2, 0.25) is 5.78 Å². The predicted octanol–water partition coefficient (Wildman–Crippen LogP) is 3.99. The first-order chi connectivity index (χ1) is 6.68. The van der Waals surface area contributed by atoms with Crippen LogP contribution in [0.25, 0.3) is 0 Å². The summed E-state index contributed by atoms with van der Waals surface area (Å²) in [6, 6.07) is 3.27. The van der Waals surface area contributed by atoms with Gasteiger partial charge < -0.3 is 4.42 Å². The molecule has 0 aliphatic heterocycles. The second kappa shape index (κ2) is 3.88. The molecule has 0 saturated heterocycles. The molecule has 0 radical (unpaired) electrons. The Labute approximate surface area is 97.6 Å². The second-order valence-electron chi connectivity index (χ2n) is 2.57. The van der Waals surface area contributed by atoms with E-state index >= 15 is 0 Å². The van der Waals surface area contributed by atoms with Gasteiger partial charge in [0.25, 0.3) is 0 Å². The normalized spacial score (nSPS) is 10.4. The van der Waals surface area contributed by atoms with Gasteiger partial charge in [0.15, 0.2) is 0 Å². The molecule has 2 heterocycles. The summed E-state index contributed by atoms with van der Waals surface area (Å²) in [6.45, 7) is 0. The van der Waals surface area contributed by atoms with Crippen LogP contribution in [0.1, 0.15) is 15.2 Å². The minimum atomic E-state index is -0.0728. The van der Waals surface area contributed by atoms with Crippen molar-refractivity contribution in [3.8, 4) is 0 Å². The second-order valence-corrected chi connectivity index (χ2v) is 5.35. The molecular weight excluding hydrogens is 288 g/mol. The molecule has 0 saturated carbocycles. The Morgan fingerprint density at radius 2 is 2.36 bits per heavy atom. The summed E-state index contributed by atoms with van der Waals surface area (Å²) in [5.74, 6) is -0.0728. The van der Waals surface area contributed by atoms with Gasteiger partial charge in [0.1, 0.15) is 6.26 Å². The van der Waals surface area contributed by atoms with Crippen LogP contribution < -0.4 is 0 Å². The van der Waals surface area contributed by atoms with Crippen molar-refractivity contribution in [2.75, 3.05) is 0 Å². The molecule has 0 atom stereocenters. The van der Waals surface area contributed by atoms with Crippen LogP contribution in [0.15, 0.2) is 32.9 Å². The van der Waals surface area contributed by atoms with Gasteiger partial charge in [-0.05, 0) is 28.1 Å². The van der Waals surface area contributed by atoms with Crippen molar-refractivity contribution in [1.82, 2.24) is 0 Å². The van der Waals surface area contributed by atoms with E-state index in [-0.39, 0.29) is 5.78 Å². The Kier molecular flexibility index (Phi) is 2.76. The number of halogens is 2. The maximum absolute atomic E-state index is 11.7. The summed E-state index contributed by atoms with van der Waals surface area (Å²) in [5, 5.41) is 0.557. The van der Waals surface area contributed by atoms with E-state index in [1.54, 1.807) is 12.1 Å². The summed E-state index contributed by atoms with van der Waals surface area (Å²) >= 11 is 10.4. The van der Waals surface area contributed by atoms with Gasteiger partial charge in [0, 0.05) is 0 Å². The smallest absolute Gasteiger partial charge is 0.206 e. The van der Waals surface area contributed by atoms with Crippen LogP contribution in [-0.4, -0.2) is 5.78 Å². The lowest BCUT2D eigenvalue weighted by Gasteiger charge is -1.89. The third-order valence-electron chi connectivity index (χ3n) is 1.65. The third-order valence-corrected chi connectivity index (χ3v) is 4.13. The van der Waals surface area contributed by atoms with E-state index < -0.39 is 0 Å². The summed E-state index contributed by atoms with van der Waals surface area (Å²) in [6.07, 6.45) is 2.89. The molecule has 0 fully saturated rings. The molecule has 0 spiro atoms. The van der Waals surface area contributed by atoms with E-state index in [0.29, 0.717) is 15.5 Å². The Bertz CT molecular complexity index is 442. The highest BCUT2D eigenvalue weighted by Crippen LogP contribution is 2.33. The van der Waals surface area contributed by atoms with Gasteiger partial charge in [-0.25, -0.2) is 0 Å². The number of carbonyl (C=O) groups is 1. The van der Waals surface area contributed by atoms with Gasteiger partial charge in [-0.3, -0.25) is 4.79 Å². The van der Waals surface area contributed by atoms with Crippen molar-refractivity contribution < 1.29 is 9.21 Å². The van der Waals surface area contributed by atoms with E-state index in [4.69, 9.17) is 16.0 Å². The molecule has 2 aromatic heterocycles. The van der Waals surface area contributed by atoms with Crippen molar-refractivity contribution in [2.45, 2.75) is 0 Å². The molecule has 0 aliphatic rings. The van der Waals surface area contributed by atoms with Crippen LogP contribution in [0.4, 0.5) is 0 Å². The monoisotopic (exact) mass is 290 g/mol. The molecule has 2 rings (SSSR count). The molecule has 0 N–H and O–H groups in total. The van der Waals surface area contributed by atoms with Crippen molar-refractivity contribution in [3.05, 3.63) is 43.9 Å². The van der Waals surface area contributed by atoms with E-state index in [1.807, 2.05) is 0 Å². The molecule has 0 unspecified atom stereocenters. The third kappa shape index (κ3) is 1.78. The van der Waals surface area contributed by atoms with Crippen molar-refractivity contribution in [3.63, 3.8) is 0 Å². The SMILES string of the molecule is O=C(c1ccoc1)c1cc(Cl)c(Br)s1. The molecule has 0 amide bonds. The minimum absolute atomic E-state index is 0.0728. The molecule has 2 nitrogen and oxygen atoms in total. The lowest BCUT2D eigenvalue weighted by atomic mass is 10.2. The average molecular weight is 292 g/mol. The number of carbonyl (C=O) groups excluding carboxylic acids is 1. The van der Waals surface area contributed by atoms with Crippen LogP contribution in [0.2, 0.25) is 5.02 Å². The van der Waals surface area contributed by atoms with Gasteiger partial charge in [0.05, 0.1) is 25.5 Å². The van der Waals surface area contributed by atoms with Crippen LogP contribution in [0, 0.1) is 0 Å². The zero-order valence-corrected chi connectivity index (χ0v) is 9.95. The Hall–Kier alpha value is -0.580. The number of rotatable bonds is 2. The average Bonchev–Trinajstić information content (AvgIpc) is 2.76. The highest BCUT2D eigenvalue weighted by atomic mass is 79.9. The quantitative estimate of drug-likeness (QED) is 0.783. The lowest BCUT2D eigenvalue weighted by molar-refractivity contribution is 0.104. The van der Waals surface area contributed by atoms with E-state index in [1.165, 1.54) is 23.9 Å². The first-order valence-electron chi connectivity index (χ1n) is 3.70. The molecule has 0 aliphatic carbocycles. The molecule has 14 heavy (non-hydrogen) atoms.